The van der Waals surface area contributed by atoms with Gasteiger partial charge in [-0.05, 0) is 51.2 Å². The standard InChI is InChI=1S/C21H25N5O2/c1-14-20(15(2)28-24-14)19-13-18(16-5-7-17(27-4)8-6-16)22-21(23-19)26-11-9-25(3)10-12-26/h5-8,13H,9-12H2,1-4H3. The van der Waals surface area contributed by atoms with E-state index >= 15 is 0 Å². The molecular weight excluding hydrogens is 354 g/mol. The molecule has 1 aromatic carbocycles. The lowest BCUT2D eigenvalue weighted by Crippen LogP contribution is -2.45. The van der Waals surface area contributed by atoms with Crippen LogP contribution >= 0.6 is 0 Å². The molecule has 7 nitrogen and oxygen atoms in total. The molecule has 0 saturated carbocycles. The molecule has 3 aromatic rings. The Labute approximate surface area is 164 Å². The van der Waals surface area contributed by atoms with Crippen LogP contribution in [0, 0.1) is 13.8 Å². The second-order valence-corrected chi connectivity index (χ2v) is 7.16. The minimum absolute atomic E-state index is 0.747. The zero-order valence-corrected chi connectivity index (χ0v) is 16.8. The highest BCUT2D eigenvalue weighted by Crippen LogP contribution is 2.31. The molecule has 28 heavy (non-hydrogen) atoms. The molecule has 0 amide bonds. The van der Waals surface area contributed by atoms with Crippen molar-refractivity contribution in [3.63, 3.8) is 0 Å². The number of hydrogen-bond donors (Lipinski definition) is 0. The fourth-order valence-corrected chi connectivity index (χ4v) is 3.47. The molecule has 1 aliphatic rings. The van der Waals surface area contributed by atoms with E-state index in [1.54, 1.807) is 7.11 Å². The van der Waals surface area contributed by atoms with Crippen LogP contribution in [0.15, 0.2) is 34.9 Å². The van der Waals surface area contributed by atoms with E-state index in [1.807, 2.05) is 44.2 Å². The summed E-state index contributed by atoms with van der Waals surface area (Å²) in [7, 11) is 3.81. The third kappa shape index (κ3) is 3.57. The van der Waals surface area contributed by atoms with Crippen molar-refractivity contribution in [1.82, 2.24) is 20.0 Å². The number of aryl methyl sites for hydroxylation is 2. The first-order valence-corrected chi connectivity index (χ1v) is 9.45. The van der Waals surface area contributed by atoms with Gasteiger partial charge in [-0.25, -0.2) is 9.97 Å². The van der Waals surface area contributed by atoms with Crippen molar-refractivity contribution in [1.29, 1.82) is 0 Å². The average Bonchev–Trinajstić information content (AvgIpc) is 3.06. The molecule has 1 saturated heterocycles. The summed E-state index contributed by atoms with van der Waals surface area (Å²) < 4.78 is 10.7. The van der Waals surface area contributed by atoms with Crippen molar-refractivity contribution in [2.45, 2.75) is 13.8 Å². The maximum atomic E-state index is 5.38. The van der Waals surface area contributed by atoms with Crippen molar-refractivity contribution in [3.05, 3.63) is 41.8 Å². The summed E-state index contributed by atoms with van der Waals surface area (Å²) in [5.74, 6) is 2.33. The summed E-state index contributed by atoms with van der Waals surface area (Å²) >= 11 is 0. The van der Waals surface area contributed by atoms with E-state index in [0.29, 0.717) is 0 Å². The van der Waals surface area contributed by atoms with Gasteiger partial charge in [0.25, 0.3) is 0 Å². The van der Waals surface area contributed by atoms with Crippen LogP contribution in [0.2, 0.25) is 0 Å². The lowest BCUT2D eigenvalue weighted by molar-refractivity contribution is 0.311. The van der Waals surface area contributed by atoms with E-state index in [2.05, 4.69) is 22.0 Å². The second-order valence-electron chi connectivity index (χ2n) is 7.16. The van der Waals surface area contributed by atoms with Crippen molar-refractivity contribution in [2.75, 3.05) is 45.2 Å². The first-order chi connectivity index (χ1) is 13.5. The molecule has 0 bridgehead atoms. The van der Waals surface area contributed by atoms with Gasteiger partial charge >= 0.3 is 0 Å². The molecule has 4 rings (SSSR count). The highest BCUT2D eigenvalue weighted by atomic mass is 16.5. The maximum absolute atomic E-state index is 5.38. The van der Waals surface area contributed by atoms with Crippen LogP contribution in [-0.2, 0) is 0 Å². The molecule has 3 heterocycles. The van der Waals surface area contributed by atoms with Gasteiger partial charge in [-0.2, -0.15) is 0 Å². The average molecular weight is 379 g/mol. The summed E-state index contributed by atoms with van der Waals surface area (Å²) in [5.41, 5.74) is 4.51. The number of ether oxygens (including phenoxy) is 1. The molecule has 146 valence electrons. The Morgan fingerprint density at radius 2 is 1.64 bits per heavy atom. The lowest BCUT2D eigenvalue weighted by atomic mass is 10.1. The van der Waals surface area contributed by atoms with E-state index in [0.717, 1.165) is 71.8 Å². The highest BCUT2D eigenvalue weighted by molar-refractivity contribution is 5.72. The molecule has 2 aromatic heterocycles. The SMILES string of the molecule is COc1ccc(-c2cc(-c3c(C)noc3C)nc(N3CCN(C)CC3)n2)cc1. The lowest BCUT2D eigenvalue weighted by Gasteiger charge is -2.32. The third-order valence-electron chi connectivity index (χ3n) is 5.18. The van der Waals surface area contributed by atoms with Crippen LogP contribution < -0.4 is 9.64 Å². The molecule has 0 aliphatic carbocycles. The van der Waals surface area contributed by atoms with Crippen molar-refractivity contribution >= 4 is 5.95 Å². The number of methoxy groups -OCH3 is 1. The number of piperazine rings is 1. The Balaban J connectivity index is 1.80. The van der Waals surface area contributed by atoms with Crippen LogP contribution in [0.1, 0.15) is 11.5 Å². The van der Waals surface area contributed by atoms with Crippen molar-refractivity contribution in [2.24, 2.45) is 0 Å². The Kier molecular flexibility index (Phi) is 5.00. The van der Waals surface area contributed by atoms with Crippen LogP contribution in [-0.4, -0.2) is 60.4 Å². The summed E-state index contributed by atoms with van der Waals surface area (Å²) in [6, 6.07) is 9.94. The number of nitrogens with zero attached hydrogens (tertiary/aromatic N) is 5. The minimum Gasteiger partial charge on any atom is -0.497 e. The predicted octanol–water partition coefficient (Wildman–Crippen LogP) is 3.18. The number of anilines is 1. The van der Waals surface area contributed by atoms with Gasteiger partial charge in [-0.1, -0.05) is 5.16 Å². The molecule has 0 unspecified atom stereocenters. The maximum Gasteiger partial charge on any atom is 0.226 e. The van der Waals surface area contributed by atoms with Gasteiger partial charge in [0.1, 0.15) is 11.5 Å². The molecule has 0 N–H and O–H groups in total. The van der Waals surface area contributed by atoms with E-state index in [9.17, 15) is 0 Å². The molecule has 0 radical (unpaired) electrons. The monoisotopic (exact) mass is 379 g/mol. The van der Waals surface area contributed by atoms with Crippen LogP contribution in [0.4, 0.5) is 5.95 Å². The molecular formula is C21H25N5O2. The zero-order chi connectivity index (χ0) is 19.7. The van der Waals surface area contributed by atoms with Gasteiger partial charge in [0.2, 0.25) is 5.95 Å². The predicted molar refractivity (Wildman–Crippen MR) is 109 cm³/mol. The van der Waals surface area contributed by atoms with E-state index in [-0.39, 0.29) is 0 Å². The quantitative estimate of drug-likeness (QED) is 0.690. The molecule has 0 atom stereocenters. The van der Waals surface area contributed by atoms with E-state index in [4.69, 9.17) is 19.2 Å². The van der Waals surface area contributed by atoms with E-state index < -0.39 is 0 Å². The first-order valence-electron chi connectivity index (χ1n) is 9.45. The molecule has 0 spiro atoms. The Bertz CT molecular complexity index is 940. The summed E-state index contributed by atoms with van der Waals surface area (Å²) in [6.07, 6.45) is 0. The van der Waals surface area contributed by atoms with Crippen molar-refractivity contribution in [3.8, 4) is 28.3 Å². The van der Waals surface area contributed by atoms with Gasteiger partial charge in [0.05, 0.1) is 29.8 Å². The number of benzene rings is 1. The number of hydrogen-bond acceptors (Lipinski definition) is 7. The molecule has 7 heteroatoms. The second kappa shape index (κ2) is 7.59. The van der Waals surface area contributed by atoms with Gasteiger partial charge in [0, 0.05) is 31.7 Å². The number of likely N-dealkylation sites (N-methyl/N-ethyl adjacent to an activating group) is 1. The topological polar surface area (TPSA) is 67.5 Å². The Hall–Kier alpha value is -2.93. The van der Waals surface area contributed by atoms with E-state index in [1.165, 1.54) is 0 Å². The van der Waals surface area contributed by atoms with Crippen LogP contribution in [0.3, 0.4) is 0 Å². The van der Waals surface area contributed by atoms with Crippen LogP contribution in [0.25, 0.3) is 22.5 Å². The summed E-state index contributed by atoms with van der Waals surface area (Å²) in [6.45, 7) is 7.66. The normalized spacial score (nSPS) is 15.1. The highest BCUT2D eigenvalue weighted by Gasteiger charge is 2.21. The smallest absolute Gasteiger partial charge is 0.226 e. The Morgan fingerprint density at radius 1 is 0.964 bits per heavy atom. The molecule has 1 aliphatic heterocycles. The van der Waals surface area contributed by atoms with Crippen molar-refractivity contribution < 1.29 is 9.26 Å². The fraction of sp³-hybridized carbons (Fsp3) is 0.381. The summed E-state index contributed by atoms with van der Waals surface area (Å²) in [5, 5.41) is 4.10. The molecule has 1 fully saturated rings. The first kappa shape index (κ1) is 18.4. The zero-order valence-electron chi connectivity index (χ0n) is 16.8. The van der Waals surface area contributed by atoms with Gasteiger partial charge in [-0.15, -0.1) is 0 Å². The minimum atomic E-state index is 0.747. The third-order valence-corrected chi connectivity index (χ3v) is 5.18. The number of aromatic nitrogens is 3. The van der Waals surface area contributed by atoms with Gasteiger partial charge < -0.3 is 19.1 Å². The van der Waals surface area contributed by atoms with Gasteiger partial charge in [-0.3, -0.25) is 0 Å². The van der Waals surface area contributed by atoms with Crippen LogP contribution in [0.5, 0.6) is 5.75 Å². The van der Waals surface area contributed by atoms with Gasteiger partial charge in [0.15, 0.2) is 0 Å². The summed E-state index contributed by atoms with van der Waals surface area (Å²) in [4.78, 5) is 14.3. The largest absolute Gasteiger partial charge is 0.497 e. The number of rotatable bonds is 4. The Morgan fingerprint density at radius 3 is 2.25 bits per heavy atom. The fourth-order valence-electron chi connectivity index (χ4n) is 3.47.